The van der Waals surface area contributed by atoms with E-state index in [2.05, 4.69) is 30.1 Å². The zero-order chi connectivity index (χ0) is 14.7. The number of hydrogen-bond acceptors (Lipinski definition) is 7. The summed E-state index contributed by atoms with van der Waals surface area (Å²) in [6.45, 7) is 3.64. The lowest BCUT2D eigenvalue weighted by molar-refractivity contribution is 0.145. The molecule has 2 saturated heterocycles. The van der Waals surface area contributed by atoms with Crippen molar-refractivity contribution in [2.75, 3.05) is 48.3 Å². The number of hydrogen-bond donors (Lipinski definition) is 2. The Morgan fingerprint density at radius 3 is 2.05 bits per heavy atom. The smallest absolute Gasteiger partial charge is 0.231 e. The number of rotatable bonds is 3. The predicted molar refractivity (Wildman–Crippen MR) is 82.9 cm³/mol. The Balaban J connectivity index is 1.82. The lowest BCUT2D eigenvalue weighted by atomic mass is 10.1. The Kier molecular flexibility index (Phi) is 4.38. The van der Waals surface area contributed by atoms with Gasteiger partial charge in [-0.2, -0.15) is 15.0 Å². The minimum absolute atomic E-state index is 0.187. The van der Waals surface area contributed by atoms with Gasteiger partial charge < -0.3 is 20.2 Å². The molecule has 2 fully saturated rings. The average Bonchev–Trinajstić information content (AvgIpc) is 2.56. The molecule has 0 radical (unpaired) electrons. The number of aromatic nitrogens is 3. The van der Waals surface area contributed by atoms with Crippen LogP contribution in [0, 0.1) is 0 Å². The summed E-state index contributed by atoms with van der Waals surface area (Å²) in [6.07, 6.45) is 5.06. The highest BCUT2D eigenvalue weighted by Crippen LogP contribution is 2.22. The van der Waals surface area contributed by atoms with Crippen LogP contribution in [0.2, 0.25) is 0 Å². The van der Waals surface area contributed by atoms with E-state index in [1.54, 1.807) is 0 Å². The summed E-state index contributed by atoms with van der Waals surface area (Å²) in [6, 6.07) is 0. The molecule has 0 bridgehead atoms. The SMILES string of the molecule is CNc1nc(N2CCCCC2)nc(N2CCC(O)CC2)n1. The van der Waals surface area contributed by atoms with Gasteiger partial charge in [-0.15, -0.1) is 0 Å². The lowest BCUT2D eigenvalue weighted by Gasteiger charge is -2.31. The van der Waals surface area contributed by atoms with E-state index in [0.717, 1.165) is 50.9 Å². The van der Waals surface area contributed by atoms with Gasteiger partial charge in [0.1, 0.15) is 0 Å². The number of piperidine rings is 2. The summed E-state index contributed by atoms with van der Waals surface area (Å²) >= 11 is 0. The second kappa shape index (κ2) is 6.43. The van der Waals surface area contributed by atoms with Crippen LogP contribution in [0.25, 0.3) is 0 Å². The van der Waals surface area contributed by atoms with E-state index in [0.29, 0.717) is 5.95 Å². The van der Waals surface area contributed by atoms with Crippen molar-refractivity contribution in [3.05, 3.63) is 0 Å². The minimum atomic E-state index is -0.187. The van der Waals surface area contributed by atoms with Gasteiger partial charge in [0.25, 0.3) is 0 Å². The van der Waals surface area contributed by atoms with Crippen molar-refractivity contribution in [3.8, 4) is 0 Å². The first-order chi connectivity index (χ1) is 10.3. The normalized spacial score (nSPS) is 20.7. The highest BCUT2D eigenvalue weighted by Gasteiger charge is 2.22. The van der Waals surface area contributed by atoms with Crippen LogP contribution >= 0.6 is 0 Å². The first kappa shape index (κ1) is 14.3. The van der Waals surface area contributed by atoms with Crippen molar-refractivity contribution in [2.24, 2.45) is 0 Å². The molecule has 7 nitrogen and oxygen atoms in total. The van der Waals surface area contributed by atoms with Crippen LogP contribution in [0.15, 0.2) is 0 Å². The van der Waals surface area contributed by atoms with Crippen LogP contribution in [0.4, 0.5) is 17.8 Å². The van der Waals surface area contributed by atoms with Gasteiger partial charge in [-0.05, 0) is 32.1 Å². The van der Waals surface area contributed by atoms with Gasteiger partial charge in [0, 0.05) is 33.2 Å². The summed E-state index contributed by atoms with van der Waals surface area (Å²) in [7, 11) is 1.83. The van der Waals surface area contributed by atoms with Gasteiger partial charge in [0.15, 0.2) is 0 Å². The Bertz CT molecular complexity index is 469. The first-order valence-electron chi connectivity index (χ1n) is 7.88. The van der Waals surface area contributed by atoms with E-state index >= 15 is 0 Å². The molecule has 2 aliphatic heterocycles. The summed E-state index contributed by atoms with van der Waals surface area (Å²) in [4.78, 5) is 18.0. The van der Waals surface area contributed by atoms with Gasteiger partial charge in [-0.1, -0.05) is 0 Å². The van der Waals surface area contributed by atoms with Crippen molar-refractivity contribution >= 4 is 17.8 Å². The van der Waals surface area contributed by atoms with Crippen LogP contribution < -0.4 is 15.1 Å². The minimum Gasteiger partial charge on any atom is -0.393 e. The first-order valence-corrected chi connectivity index (χ1v) is 7.88. The highest BCUT2D eigenvalue weighted by molar-refractivity contribution is 5.45. The number of nitrogens with one attached hydrogen (secondary N) is 1. The maximum absolute atomic E-state index is 9.63. The summed E-state index contributed by atoms with van der Waals surface area (Å²) < 4.78 is 0. The van der Waals surface area contributed by atoms with Gasteiger partial charge in [-0.3, -0.25) is 0 Å². The van der Waals surface area contributed by atoms with Crippen LogP contribution in [-0.2, 0) is 0 Å². The second-order valence-electron chi connectivity index (χ2n) is 5.77. The molecular formula is C14H24N6O. The number of anilines is 3. The predicted octanol–water partition coefficient (Wildman–Crippen LogP) is 0.865. The van der Waals surface area contributed by atoms with Crippen molar-refractivity contribution in [2.45, 2.75) is 38.2 Å². The molecule has 3 rings (SSSR count). The average molecular weight is 292 g/mol. The molecule has 7 heteroatoms. The molecule has 0 aliphatic carbocycles. The van der Waals surface area contributed by atoms with Crippen LogP contribution in [0.1, 0.15) is 32.1 Å². The molecule has 0 saturated carbocycles. The Morgan fingerprint density at radius 1 is 0.905 bits per heavy atom. The summed E-state index contributed by atoms with van der Waals surface area (Å²) in [5.41, 5.74) is 0. The Morgan fingerprint density at radius 2 is 1.48 bits per heavy atom. The Labute approximate surface area is 125 Å². The van der Waals surface area contributed by atoms with E-state index in [-0.39, 0.29) is 6.10 Å². The zero-order valence-electron chi connectivity index (χ0n) is 12.6. The third-order valence-corrected chi connectivity index (χ3v) is 4.22. The molecule has 0 unspecified atom stereocenters. The quantitative estimate of drug-likeness (QED) is 0.855. The van der Waals surface area contributed by atoms with Crippen LogP contribution in [-0.4, -0.2) is 59.4 Å². The van der Waals surface area contributed by atoms with Gasteiger partial charge in [0.2, 0.25) is 17.8 Å². The zero-order valence-corrected chi connectivity index (χ0v) is 12.6. The third kappa shape index (κ3) is 3.34. The molecule has 2 N–H and O–H groups in total. The molecule has 1 aromatic rings. The summed E-state index contributed by atoms with van der Waals surface area (Å²) in [5.74, 6) is 2.11. The molecule has 0 amide bonds. The van der Waals surface area contributed by atoms with E-state index in [4.69, 9.17) is 0 Å². The van der Waals surface area contributed by atoms with Gasteiger partial charge in [-0.25, -0.2) is 0 Å². The molecule has 0 spiro atoms. The molecule has 1 aromatic heterocycles. The van der Waals surface area contributed by atoms with E-state index in [9.17, 15) is 5.11 Å². The highest BCUT2D eigenvalue weighted by atomic mass is 16.3. The Hall–Kier alpha value is -1.63. The molecule has 21 heavy (non-hydrogen) atoms. The molecule has 0 aromatic carbocycles. The third-order valence-electron chi connectivity index (χ3n) is 4.22. The second-order valence-corrected chi connectivity index (χ2v) is 5.77. The maximum atomic E-state index is 9.63. The van der Waals surface area contributed by atoms with E-state index in [1.807, 2.05) is 7.05 Å². The van der Waals surface area contributed by atoms with Crippen molar-refractivity contribution in [1.82, 2.24) is 15.0 Å². The standard InChI is InChI=1S/C14H24N6O/c1-15-12-16-13(19-7-3-2-4-8-19)18-14(17-12)20-9-5-11(21)6-10-20/h11,21H,2-10H2,1H3,(H,15,16,17,18). The largest absolute Gasteiger partial charge is 0.393 e. The molecular weight excluding hydrogens is 268 g/mol. The number of nitrogens with zero attached hydrogens (tertiary/aromatic N) is 5. The molecule has 3 heterocycles. The fourth-order valence-corrected chi connectivity index (χ4v) is 2.91. The fourth-order valence-electron chi connectivity index (χ4n) is 2.91. The van der Waals surface area contributed by atoms with Crippen LogP contribution in [0.3, 0.4) is 0 Å². The van der Waals surface area contributed by atoms with Gasteiger partial charge in [0.05, 0.1) is 6.10 Å². The molecule has 2 aliphatic rings. The summed E-state index contributed by atoms with van der Waals surface area (Å²) in [5, 5.41) is 12.7. The molecule has 116 valence electrons. The maximum Gasteiger partial charge on any atom is 0.231 e. The number of aliphatic hydroxyl groups excluding tert-OH is 1. The van der Waals surface area contributed by atoms with Crippen molar-refractivity contribution < 1.29 is 5.11 Å². The topological polar surface area (TPSA) is 77.4 Å². The number of aliphatic hydroxyl groups is 1. The monoisotopic (exact) mass is 292 g/mol. The van der Waals surface area contributed by atoms with Gasteiger partial charge >= 0.3 is 0 Å². The lowest BCUT2D eigenvalue weighted by Crippen LogP contribution is -2.38. The van der Waals surface area contributed by atoms with Crippen molar-refractivity contribution in [3.63, 3.8) is 0 Å². The van der Waals surface area contributed by atoms with E-state index in [1.165, 1.54) is 19.3 Å². The van der Waals surface area contributed by atoms with E-state index < -0.39 is 0 Å². The van der Waals surface area contributed by atoms with Crippen LogP contribution in [0.5, 0.6) is 0 Å². The van der Waals surface area contributed by atoms with Crippen molar-refractivity contribution in [1.29, 1.82) is 0 Å². The molecule has 0 atom stereocenters. The fraction of sp³-hybridized carbons (Fsp3) is 0.786.